The Bertz CT molecular complexity index is 1270. The monoisotopic (exact) mass is 452 g/mol. The number of hydrogen-bond acceptors (Lipinski definition) is 4. The number of amides is 1. The van der Waals surface area contributed by atoms with Crippen molar-refractivity contribution < 1.29 is 4.79 Å². The van der Waals surface area contributed by atoms with Crippen LogP contribution in [0.3, 0.4) is 0 Å². The molecule has 1 amide bonds. The maximum atomic E-state index is 12.8. The molecule has 1 aliphatic heterocycles. The first-order valence-electron chi connectivity index (χ1n) is 9.74. The summed E-state index contributed by atoms with van der Waals surface area (Å²) in [7, 11) is 1.82. The number of pyridine rings is 1. The number of halogens is 1. The Hall–Kier alpha value is -3.03. The summed E-state index contributed by atoms with van der Waals surface area (Å²) in [5.41, 5.74) is 3.70. The Balaban J connectivity index is 1.55. The van der Waals surface area contributed by atoms with Gasteiger partial charge in [0.05, 0.1) is 5.69 Å². The maximum absolute atomic E-state index is 12.8. The van der Waals surface area contributed by atoms with Gasteiger partial charge in [0.1, 0.15) is 0 Å². The number of hydrogen-bond donors (Lipinski definition) is 1. The van der Waals surface area contributed by atoms with Crippen LogP contribution in [0.1, 0.15) is 19.8 Å². The van der Waals surface area contributed by atoms with E-state index in [0.29, 0.717) is 34.3 Å². The van der Waals surface area contributed by atoms with Gasteiger partial charge in [0.15, 0.2) is 0 Å². The summed E-state index contributed by atoms with van der Waals surface area (Å²) in [6.07, 6.45) is 4.99. The van der Waals surface area contributed by atoms with Crippen LogP contribution in [0.25, 0.3) is 17.2 Å². The van der Waals surface area contributed by atoms with Crippen LogP contribution in [-0.2, 0) is 11.8 Å². The Morgan fingerprint density at radius 3 is 2.81 bits per heavy atom. The molecular formula is C23H21ClN4O2S. The third-order valence-electron chi connectivity index (χ3n) is 4.93. The van der Waals surface area contributed by atoms with Gasteiger partial charge in [0.25, 0.3) is 11.5 Å². The second-order valence-corrected chi connectivity index (χ2v) is 8.55. The fourth-order valence-electron chi connectivity index (χ4n) is 3.25. The SMILES string of the molecule is CC1=CSC=C(C(=O)Nc2ccn(-c3nc(-c4cccc(Cl)c4)cn3C)c(=O)c2)CC1. The van der Waals surface area contributed by atoms with Crippen molar-refractivity contribution in [2.24, 2.45) is 7.05 Å². The van der Waals surface area contributed by atoms with Crippen LogP contribution in [0.15, 0.2) is 75.5 Å². The molecule has 0 saturated carbocycles. The van der Waals surface area contributed by atoms with E-state index >= 15 is 0 Å². The molecule has 0 atom stereocenters. The molecule has 3 heterocycles. The highest BCUT2D eigenvalue weighted by atomic mass is 35.5. The highest BCUT2D eigenvalue weighted by molar-refractivity contribution is 8.05. The van der Waals surface area contributed by atoms with Crippen LogP contribution in [-0.4, -0.2) is 20.0 Å². The molecular weight excluding hydrogens is 432 g/mol. The van der Waals surface area contributed by atoms with Crippen molar-refractivity contribution in [2.75, 3.05) is 5.32 Å². The topological polar surface area (TPSA) is 68.9 Å². The van der Waals surface area contributed by atoms with Crippen LogP contribution >= 0.6 is 23.4 Å². The van der Waals surface area contributed by atoms with E-state index in [1.165, 1.54) is 28.0 Å². The minimum absolute atomic E-state index is 0.187. The molecule has 1 aromatic carbocycles. The number of carbonyl (C=O) groups excluding carboxylic acids is 1. The van der Waals surface area contributed by atoms with Gasteiger partial charge < -0.3 is 9.88 Å². The molecule has 31 heavy (non-hydrogen) atoms. The molecule has 8 heteroatoms. The summed E-state index contributed by atoms with van der Waals surface area (Å²) in [6.45, 7) is 2.05. The summed E-state index contributed by atoms with van der Waals surface area (Å²) in [4.78, 5) is 29.9. The van der Waals surface area contributed by atoms with Gasteiger partial charge >= 0.3 is 0 Å². The van der Waals surface area contributed by atoms with Gasteiger partial charge in [-0.2, -0.15) is 0 Å². The lowest BCUT2D eigenvalue weighted by atomic mass is 10.1. The minimum Gasteiger partial charge on any atom is -0.322 e. The van der Waals surface area contributed by atoms with Crippen molar-refractivity contribution in [3.63, 3.8) is 0 Å². The Morgan fingerprint density at radius 2 is 2.03 bits per heavy atom. The van der Waals surface area contributed by atoms with Crippen molar-refractivity contribution in [1.29, 1.82) is 0 Å². The van der Waals surface area contributed by atoms with E-state index in [1.807, 2.05) is 42.3 Å². The minimum atomic E-state index is -0.286. The lowest BCUT2D eigenvalue weighted by molar-refractivity contribution is -0.113. The maximum Gasteiger partial charge on any atom is 0.259 e. The summed E-state index contributed by atoms with van der Waals surface area (Å²) in [5.74, 6) is 0.287. The lowest BCUT2D eigenvalue weighted by Crippen LogP contribution is -2.22. The third kappa shape index (κ3) is 4.84. The van der Waals surface area contributed by atoms with Crippen molar-refractivity contribution in [3.05, 3.63) is 86.1 Å². The number of carbonyl (C=O) groups is 1. The Labute approximate surface area is 189 Å². The molecule has 0 saturated heterocycles. The van der Waals surface area contributed by atoms with Crippen molar-refractivity contribution in [3.8, 4) is 17.2 Å². The first-order chi connectivity index (χ1) is 14.9. The summed E-state index contributed by atoms with van der Waals surface area (Å²) in [6, 6.07) is 10.5. The summed E-state index contributed by atoms with van der Waals surface area (Å²) in [5, 5.41) is 7.35. The van der Waals surface area contributed by atoms with Gasteiger partial charge in [-0.3, -0.25) is 14.2 Å². The zero-order chi connectivity index (χ0) is 22.0. The van der Waals surface area contributed by atoms with Crippen molar-refractivity contribution in [1.82, 2.24) is 14.1 Å². The van der Waals surface area contributed by atoms with Crippen molar-refractivity contribution in [2.45, 2.75) is 19.8 Å². The molecule has 0 unspecified atom stereocenters. The fraction of sp³-hybridized carbons (Fsp3) is 0.174. The number of rotatable bonds is 4. The van der Waals surface area contributed by atoms with E-state index in [0.717, 1.165) is 12.0 Å². The van der Waals surface area contributed by atoms with Crippen molar-refractivity contribution >= 4 is 35.0 Å². The van der Waals surface area contributed by atoms with E-state index in [4.69, 9.17) is 11.6 Å². The van der Waals surface area contributed by atoms with Gasteiger partial charge in [0, 0.05) is 47.4 Å². The van der Waals surface area contributed by atoms with Gasteiger partial charge in [-0.25, -0.2) is 4.98 Å². The van der Waals surface area contributed by atoms with Gasteiger partial charge in [-0.05, 0) is 48.8 Å². The van der Waals surface area contributed by atoms with E-state index in [9.17, 15) is 9.59 Å². The average Bonchev–Trinajstić information content (AvgIpc) is 2.97. The van der Waals surface area contributed by atoms with Gasteiger partial charge in [0.2, 0.25) is 5.95 Å². The predicted molar refractivity (Wildman–Crippen MR) is 127 cm³/mol. The second kappa shape index (κ2) is 8.99. The van der Waals surface area contributed by atoms with E-state index in [2.05, 4.69) is 17.2 Å². The van der Waals surface area contributed by atoms with Gasteiger partial charge in [-0.15, -0.1) is 11.8 Å². The average molecular weight is 453 g/mol. The van der Waals surface area contributed by atoms with Crippen LogP contribution in [0.5, 0.6) is 0 Å². The van der Waals surface area contributed by atoms with E-state index < -0.39 is 0 Å². The Morgan fingerprint density at radius 1 is 1.19 bits per heavy atom. The number of aromatic nitrogens is 3. The molecule has 0 bridgehead atoms. The number of thioether (sulfide) groups is 1. The first-order valence-corrected chi connectivity index (χ1v) is 11.1. The number of allylic oxidation sites excluding steroid dienone is 1. The van der Waals surface area contributed by atoms with Gasteiger partial charge in [-0.1, -0.05) is 29.3 Å². The second-order valence-electron chi connectivity index (χ2n) is 7.37. The van der Waals surface area contributed by atoms with Crippen LogP contribution in [0, 0.1) is 0 Å². The van der Waals surface area contributed by atoms with E-state index in [-0.39, 0.29) is 11.5 Å². The highest BCUT2D eigenvalue weighted by Gasteiger charge is 2.14. The molecule has 1 aliphatic rings. The molecule has 0 fully saturated rings. The normalized spacial score (nSPS) is 13.9. The zero-order valence-electron chi connectivity index (χ0n) is 17.1. The molecule has 1 N–H and O–H groups in total. The first kappa shape index (κ1) is 21.2. The van der Waals surface area contributed by atoms with Crippen LogP contribution in [0.2, 0.25) is 5.02 Å². The van der Waals surface area contributed by atoms with Crippen LogP contribution < -0.4 is 10.9 Å². The largest absolute Gasteiger partial charge is 0.322 e. The molecule has 2 aromatic heterocycles. The highest BCUT2D eigenvalue weighted by Crippen LogP contribution is 2.25. The third-order valence-corrected chi connectivity index (χ3v) is 6.12. The molecule has 158 valence electrons. The van der Waals surface area contributed by atoms with Crippen LogP contribution in [0.4, 0.5) is 5.69 Å². The fourth-order valence-corrected chi connectivity index (χ4v) is 4.25. The zero-order valence-corrected chi connectivity index (χ0v) is 18.7. The number of nitrogens with zero attached hydrogens (tertiary/aromatic N) is 3. The number of anilines is 1. The number of nitrogens with one attached hydrogen (secondary N) is 1. The number of benzene rings is 1. The summed E-state index contributed by atoms with van der Waals surface area (Å²) >= 11 is 7.59. The molecule has 6 nitrogen and oxygen atoms in total. The van der Waals surface area contributed by atoms with E-state index in [1.54, 1.807) is 22.9 Å². The molecule has 0 spiro atoms. The smallest absolute Gasteiger partial charge is 0.259 e. The molecule has 0 aliphatic carbocycles. The number of imidazole rings is 1. The Kier molecular flexibility index (Phi) is 6.15. The quantitative estimate of drug-likeness (QED) is 0.594. The standard InChI is InChI=1S/C23H21ClN4O2S/c1-15-6-7-17(14-31-13-15)22(30)25-19-8-9-28(21(29)11-19)23-26-20(12-27(23)2)16-4-3-5-18(24)10-16/h3-5,8-14H,6-7H2,1-2H3,(H,25,30). The molecule has 4 rings (SSSR count). The lowest BCUT2D eigenvalue weighted by Gasteiger charge is -2.09. The summed E-state index contributed by atoms with van der Waals surface area (Å²) < 4.78 is 3.22. The molecule has 0 radical (unpaired) electrons. The predicted octanol–water partition coefficient (Wildman–Crippen LogP) is 5.14. The number of aryl methyl sites for hydroxylation is 1. The molecule has 3 aromatic rings.